The first-order valence-electron chi connectivity index (χ1n) is 6.49. The molecule has 0 fully saturated rings. The number of alkyl carbamates (subject to hydrolysis) is 1. The van der Waals surface area contributed by atoms with Crippen LogP contribution in [0.3, 0.4) is 0 Å². The molecule has 1 aromatic carbocycles. The van der Waals surface area contributed by atoms with E-state index in [1.165, 1.54) is 11.3 Å². The van der Waals surface area contributed by atoms with Crippen LogP contribution in [0.2, 0.25) is 0 Å². The zero-order valence-corrected chi connectivity index (χ0v) is 12.1. The van der Waals surface area contributed by atoms with Crippen LogP contribution >= 0.6 is 11.3 Å². The second-order valence-corrected chi connectivity index (χ2v) is 5.29. The number of nitrogens with one attached hydrogen (secondary N) is 1. The molecule has 0 spiro atoms. The van der Waals surface area contributed by atoms with Crippen LogP contribution in [0.4, 0.5) is 4.79 Å². The molecule has 0 aliphatic rings. The molecular formula is C15H17NO4S. The van der Waals surface area contributed by atoms with Gasteiger partial charge < -0.3 is 20.3 Å². The zero-order chi connectivity index (χ0) is 15.1. The van der Waals surface area contributed by atoms with Crippen LogP contribution in [-0.4, -0.2) is 29.0 Å². The third-order valence-electron chi connectivity index (χ3n) is 2.92. The van der Waals surface area contributed by atoms with Gasteiger partial charge in [0.2, 0.25) is 0 Å². The molecular weight excluding hydrogens is 290 g/mol. The predicted octanol–water partition coefficient (Wildman–Crippen LogP) is 2.07. The highest BCUT2D eigenvalue weighted by molar-refractivity contribution is 7.07. The number of thiophene rings is 1. The number of benzene rings is 1. The lowest BCUT2D eigenvalue weighted by Crippen LogP contribution is -2.35. The summed E-state index contributed by atoms with van der Waals surface area (Å²) in [4.78, 5) is 11.5. The van der Waals surface area contributed by atoms with Gasteiger partial charge in [0, 0.05) is 6.54 Å². The van der Waals surface area contributed by atoms with Gasteiger partial charge in [0.1, 0.15) is 18.8 Å². The Morgan fingerprint density at radius 1 is 1.24 bits per heavy atom. The van der Waals surface area contributed by atoms with Crippen molar-refractivity contribution in [2.24, 2.45) is 0 Å². The summed E-state index contributed by atoms with van der Waals surface area (Å²) in [5, 5.41) is 25.7. The highest BCUT2D eigenvalue weighted by Crippen LogP contribution is 2.19. The summed E-state index contributed by atoms with van der Waals surface area (Å²) in [5.74, 6) is 0. The first-order valence-corrected chi connectivity index (χ1v) is 7.44. The lowest BCUT2D eigenvalue weighted by molar-refractivity contribution is 0.0186. The number of aliphatic hydroxyl groups is 2. The largest absolute Gasteiger partial charge is 0.445 e. The third kappa shape index (κ3) is 4.86. The standard InChI is InChI=1S/C15H17NO4S/c17-13(14(18)12-6-7-21-10-12)8-16-15(19)20-9-11-4-2-1-3-5-11/h1-7,10,13-14,17-18H,8-9H2,(H,16,19). The van der Waals surface area contributed by atoms with Crippen molar-refractivity contribution in [2.45, 2.75) is 18.8 Å². The molecule has 21 heavy (non-hydrogen) atoms. The maximum absolute atomic E-state index is 11.5. The van der Waals surface area contributed by atoms with Crippen molar-refractivity contribution in [1.29, 1.82) is 0 Å². The van der Waals surface area contributed by atoms with Crippen LogP contribution in [0.1, 0.15) is 17.2 Å². The molecule has 0 aliphatic heterocycles. The number of carbonyl (C=O) groups excluding carboxylic acids is 1. The number of hydrogen-bond donors (Lipinski definition) is 3. The third-order valence-corrected chi connectivity index (χ3v) is 3.62. The first-order chi connectivity index (χ1) is 10.2. The topological polar surface area (TPSA) is 78.8 Å². The number of carbonyl (C=O) groups is 1. The average molecular weight is 307 g/mol. The molecule has 0 bridgehead atoms. The van der Waals surface area contributed by atoms with E-state index in [1.807, 2.05) is 35.7 Å². The van der Waals surface area contributed by atoms with Crippen molar-refractivity contribution in [3.8, 4) is 0 Å². The highest BCUT2D eigenvalue weighted by atomic mass is 32.1. The summed E-state index contributed by atoms with van der Waals surface area (Å²) in [5.41, 5.74) is 1.51. The molecule has 3 N–H and O–H groups in total. The van der Waals surface area contributed by atoms with Gasteiger partial charge in [-0.2, -0.15) is 11.3 Å². The molecule has 1 amide bonds. The number of hydrogen-bond acceptors (Lipinski definition) is 5. The van der Waals surface area contributed by atoms with Crippen molar-refractivity contribution in [1.82, 2.24) is 5.32 Å². The van der Waals surface area contributed by atoms with Crippen molar-refractivity contribution >= 4 is 17.4 Å². The Bertz CT molecular complexity index is 544. The molecule has 2 atom stereocenters. The lowest BCUT2D eigenvalue weighted by Gasteiger charge is -2.17. The van der Waals surface area contributed by atoms with E-state index < -0.39 is 18.3 Å². The zero-order valence-electron chi connectivity index (χ0n) is 11.3. The van der Waals surface area contributed by atoms with Crippen molar-refractivity contribution < 1.29 is 19.7 Å². The minimum absolute atomic E-state index is 0.0787. The van der Waals surface area contributed by atoms with Gasteiger partial charge in [0.15, 0.2) is 0 Å². The molecule has 0 radical (unpaired) electrons. The smallest absolute Gasteiger partial charge is 0.407 e. The Morgan fingerprint density at radius 3 is 2.67 bits per heavy atom. The molecule has 0 saturated heterocycles. The van der Waals surface area contributed by atoms with Gasteiger partial charge in [-0.1, -0.05) is 30.3 Å². The Hall–Kier alpha value is -1.89. The van der Waals surface area contributed by atoms with Gasteiger partial charge in [-0.25, -0.2) is 4.79 Å². The fraction of sp³-hybridized carbons (Fsp3) is 0.267. The quantitative estimate of drug-likeness (QED) is 0.763. The predicted molar refractivity (Wildman–Crippen MR) is 79.9 cm³/mol. The summed E-state index contributed by atoms with van der Waals surface area (Å²) in [6, 6.07) is 11.0. The van der Waals surface area contributed by atoms with Crippen LogP contribution < -0.4 is 5.32 Å². The fourth-order valence-corrected chi connectivity index (χ4v) is 2.43. The Balaban J connectivity index is 1.71. The number of ether oxygens (including phenoxy) is 1. The van der Waals surface area contributed by atoms with Crippen LogP contribution in [0, 0.1) is 0 Å². The lowest BCUT2D eigenvalue weighted by atomic mass is 10.1. The highest BCUT2D eigenvalue weighted by Gasteiger charge is 2.19. The van der Waals surface area contributed by atoms with Crippen LogP contribution in [0.25, 0.3) is 0 Å². The minimum atomic E-state index is -1.08. The molecule has 1 aromatic heterocycles. The van der Waals surface area contributed by atoms with Gasteiger partial charge in [-0.15, -0.1) is 0 Å². The van der Waals surface area contributed by atoms with Gasteiger partial charge in [-0.05, 0) is 28.0 Å². The fourth-order valence-electron chi connectivity index (χ4n) is 1.74. The van der Waals surface area contributed by atoms with Gasteiger partial charge >= 0.3 is 6.09 Å². The van der Waals surface area contributed by atoms with Crippen LogP contribution in [0.5, 0.6) is 0 Å². The second kappa shape index (κ2) is 7.78. The molecule has 2 unspecified atom stereocenters. The van der Waals surface area contributed by atoms with E-state index in [0.717, 1.165) is 5.56 Å². The van der Waals surface area contributed by atoms with Crippen molar-refractivity contribution in [3.05, 3.63) is 58.3 Å². The molecule has 0 aliphatic carbocycles. The van der Waals surface area contributed by atoms with Gasteiger partial charge in [-0.3, -0.25) is 0 Å². The Labute approximate surface area is 126 Å². The average Bonchev–Trinajstić information content (AvgIpc) is 3.05. The van der Waals surface area contributed by atoms with Gasteiger partial charge in [0.25, 0.3) is 0 Å². The normalized spacial score (nSPS) is 13.4. The number of aliphatic hydroxyl groups excluding tert-OH is 2. The second-order valence-electron chi connectivity index (χ2n) is 4.51. The molecule has 1 heterocycles. The van der Waals surface area contributed by atoms with E-state index in [1.54, 1.807) is 11.4 Å². The molecule has 112 valence electrons. The maximum atomic E-state index is 11.5. The molecule has 0 saturated carbocycles. The molecule has 6 heteroatoms. The summed E-state index contributed by atoms with van der Waals surface area (Å²) in [6.07, 6.45) is -2.73. The maximum Gasteiger partial charge on any atom is 0.407 e. The van der Waals surface area contributed by atoms with E-state index in [-0.39, 0.29) is 13.2 Å². The minimum Gasteiger partial charge on any atom is -0.445 e. The van der Waals surface area contributed by atoms with E-state index in [2.05, 4.69) is 5.32 Å². The van der Waals surface area contributed by atoms with Crippen molar-refractivity contribution in [3.63, 3.8) is 0 Å². The Kier molecular flexibility index (Phi) is 5.74. The summed E-state index contributed by atoms with van der Waals surface area (Å²) in [7, 11) is 0. The first kappa shape index (κ1) is 15.5. The summed E-state index contributed by atoms with van der Waals surface area (Å²) >= 11 is 1.43. The molecule has 2 aromatic rings. The van der Waals surface area contributed by atoms with Crippen LogP contribution in [-0.2, 0) is 11.3 Å². The summed E-state index contributed by atoms with van der Waals surface area (Å²) in [6.45, 7) is 0.0838. The molecule has 2 rings (SSSR count). The van der Waals surface area contributed by atoms with E-state index in [4.69, 9.17) is 4.74 Å². The van der Waals surface area contributed by atoms with E-state index in [0.29, 0.717) is 5.56 Å². The van der Waals surface area contributed by atoms with Gasteiger partial charge in [0.05, 0.1) is 0 Å². The molecule has 5 nitrogen and oxygen atoms in total. The van der Waals surface area contributed by atoms with E-state index >= 15 is 0 Å². The summed E-state index contributed by atoms with van der Waals surface area (Å²) < 4.78 is 5.01. The monoisotopic (exact) mass is 307 g/mol. The number of rotatable bonds is 6. The van der Waals surface area contributed by atoms with Crippen LogP contribution in [0.15, 0.2) is 47.2 Å². The number of amides is 1. The van der Waals surface area contributed by atoms with E-state index in [9.17, 15) is 15.0 Å². The van der Waals surface area contributed by atoms with Crippen molar-refractivity contribution in [2.75, 3.05) is 6.54 Å². The SMILES string of the molecule is O=C(NCC(O)C(O)c1ccsc1)OCc1ccccc1. The Morgan fingerprint density at radius 2 is 2.00 bits per heavy atom.